The molecule has 5 rings (SSSR count). The first-order chi connectivity index (χ1) is 17.1. The molecule has 2 aliphatic heterocycles. The van der Waals surface area contributed by atoms with E-state index in [1.54, 1.807) is 24.8 Å². The molecule has 1 aromatic heterocycles. The SMILES string of the molecule is O=C1NC(=O)c2ccc(-c3ccoc3)cc2/C1=C/Nc1ccc(CN2CCC(CCO)CC2)cc1. The highest BCUT2D eigenvalue weighted by atomic mass is 16.3. The fraction of sp³-hybridized carbons (Fsp3) is 0.286. The predicted molar refractivity (Wildman–Crippen MR) is 134 cm³/mol. The first kappa shape index (κ1) is 23.1. The lowest BCUT2D eigenvalue weighted by Crippen LogP contribution is -2.36. The highest BCUT2D eigenvalue weighted by molar-refractivity contribution is 6.31. The third-order valence-corrected chi connectivity index (χ3v) is 6.87. The number of rotatable bonds is 7. The maximum atomic E-state index is 12.6. The zero-order valence-corrected chi connectivity index (χ0v) is 19.5. The van der Waals surface area contributed by atoms with Crippen molar-refractivity contribution in [3.63, 3.8) is 0 Å². The Hall–Kier alpha value is -3.68. The van der Waals surface area contributed by atoms with Crippen LogP contribution in [0.1, 0.15) is 40.7 Å². The number of fused-ring (bicyclic) bond motifs is 1. The van der Waals surface area contributed by atoms with Crippen molar-refractivity contribution in [2.75, 3.05) is 25.0 Å². The van der Waals surface area contributed by atoms with Gasteiger partial charge in [0.2, 0.25) is 0 Å². The molecule has 2 aromatic carbocycles. The molecule has 3 N–H and O–H groups in total. The minimum absolute atomic E-state index is 0.282. The summed E-state index contributed by atoms with van der Waals surface area (Å²) in [6.45, 7) is 3.31. The first-order valence-corrected chi connectivity index (χ1v) is 12.0. The molecular formula is C28H29N3O4. The number of hydrogen-bond donors (Lipinski definition) is 3. The topological polar surface area (TPSA) is 94.8 Å². The van der Waals surface area contributed by atoms with Gasteiger partial charge in [-0.25, -0.2) is 0 Å². The lowest BCUT2D eigenvalue weighted by Gasteiger charge is -2.31. The van der Waals surface area contributed by atoms with Gasteiger partial charge < -0.3 is 14.8 Å². The van der Waals surface area contributed by atoms with Gasteiger partial charge in [-0.3, -0.25) is 19.8 Å². The Labute approximate surface area is 204 Å². The number of aliphatic hydroxyl groups excluding tert-OH is 1. The van der Waals surface area contributed by atoms with Crippen LogP contribution in [0, 0.1) is 5.92 Å². The van der Waals surface area contributed by atoms with E-state index >= 15 is 0 Å². The van der Waals surface area contributed by atoms with Crippen molar-refractivity contribution in [1.82, 2.24) is 10.2 Å². The molecule has 0 unspecified atom stereocenters. The third-order valence-electron chi connectivity index (χ3n) is 6.87. The molecule has 1 saturated heterocycles. The van der Waals surface area contributed by atoms with E-state index in [0.29, 0.717) is 22.6 Å². The van der Waals surface area contributed by atoms with Crippen molar-refractivity contribution in [3.05, 3.63) is 83.9 Å². The second-order valence-electron chi connectivity index (χ2n) is 9.19. The van der Waals surface area contributed by atoms with Crippen molar-refractivity contribution < 1.29 is 19.1 Å². The Morgan fingerprint density at radius 1 is 1.00 bits per heavy atom. The summed E-state index contributed by atoms with van der Waals surface area (Å²) in [5.41, 5.74) is 5.30. The van der Waals surface area contributed by atoms with Crippen LogP contribution in [0.15, 0.2) is 71.7 Å². The van der Waals surface area contributed by atoms with Crippen molar-refractivity contribution in [1.29, 1.82) is 0 Å². The molecule has 35 heavy (non-hydrogen) atoms. The van der Waals surface area contributed by atoms with Crippen LogP contribution in [0.2, 0.25) is 0 Å². The molecule has 7 nitrogen and oxygen atoms in total. The standard InChI is InChI=1S/C28H29N3O4/c32-13-9-19-7-11-31(12-8-19)17-20-1-4-23(5-2-20)29-16-26-25-15-21(22-10-14-35-18-22)3-6-24(25)27(33)30-28(26)34/h1-6,10,14-16,18-19,29,32H,7-9,11-13,17H2,(H,30,33,34)/b26-16-. The second kappa shape index (κ2) is 10.3. The Kier molecular flexibility index (Phi) is 6.79. The molecule has 2 amide bonds. The van der Waals surface area contributed by atoms with Crippen molar-refractivity contribution in [2.45, 2.75) is 25.8 Å². The largest absolute Gasteiger partial charge is 0.472 e. The van der Waals surface area contributed by atoms with E-state index in [2.05, 4.69) is 27.7 Å². The number of aliphatic hydroxyl groups is 1. The number of amides is 2. The van der Waals surface area contributed by atoms with Crippen LogP contribution in [0.3, 0.4) is 0 Å². The molecule has 2 aliphatic rings. The number of anilines is 1. The fourth-order valence-electron chi connectivity index (χ4n) is 4.81. The molecule has 1 fully saturated rings. The average molecular weight is 472 g/mol. The lowest BCUT2D eigenvalue weighted by molar-refractivity contribution is -0.114. The zero-order chi connectivity index (χ0) is 24.2. The quantitative estimate of drug-likeness (QED) is 0.352. The number of nitrogens with one attached hydrogen (secondary N) is 2. The summed E-state index contributed by atoms with van der Waals surface area (Å²) in [5, 5.41) is 14.8. The number of carbonyl (C=O) groups excluding carboxylic acids is 2. The molecule has 0 saturated carbocycles. The molecule has 0 radical (unpaired) electrons. The zero-order valence-electron chi connectivity index (χ0n) is 19.5. The minimum atomic E-state index is -0.430. The van der Waals surface area contributed by atoms with Crippen LogP contribution in [-0.4, -0.2) is 41.5 Å². The van der Waals surface area contributed by atoms with E-state index in [1.807, 2.05) is 30.3 Å². The van der Waals surface area contributed by atoms with Crippen molar-refractivity contribution in [3.8, 4) is 11.1 Å². The smallest absolute Gasteiger partial charge is 0.260 e. The summed E-state index contributed by atoms with van der Waals surface area (Å²) in [5.74, 6) is -0.185. The van der Waals surface area contributed by atoms with Gasteiger partial charge in [0.1, 0.15) is 0 Å². The van der Waals surface area contributed by atoms with Crippen LogP contribution >= 0.6 is 0 Å². The van der Waals surface area contributed by atoms with E-state index in [1.165, 1.54) is 5.56 Å². The average Bonchev–Trinajstić information content (AvgIpc) is 3.41. The Bertz CT molecular complexity index is 1220. The third kappa shape index (κ3) is 5.21. The Morgan fingerprint density at radius 2 is 1.80 bits per heavy atom. The summed E-state index contributed by atoms with van der Waals surface area (Å²) in [6.07, 6.45) is 8.07. The Morgan fingerprint density at radius 3 is 2.51 bits per heavy atom. The van der Waals surface area contributed by atoms with Crippen molar-refractivity contribution in [2.24, 2.45) is 5.92 Å². The number of nitrogens with zero attached hydrogens (tertiary/aromatic N) is 1. The summed E-state index contributed by atoms with van der Waals surface area (Å²) in [4.78, 5) is 27.5. The summed E-state index contributed by atoms with van der Waals surface area (Å²) in [6, 6.07) is 15.4. The lowest BCUT2D eigenvalue weighted by atomic mass is 9.92. The van der Waals surface area contributed by atoms with E-state index < -0.39 is 11.8 Å². The van der Waals surface area contributed by atoms with Gasteiger partial charge in [0.25, 0.3) is 11.8 Å². The van der Waals surface area contributed by atoms with E-state index in [9.17, 15) is 9.59 Å². The molecule has 3 aromatic rings. The van der Waals surface area contributed by atoms with Gasteiger partial charge in [0.15, 0.2) is 0 Å². The second-order valence-corrected chi connectivity index (χ2v) is 9.19. The summed E-state index contributed by atoms with van der Waals surface area (Å²) in [7, 11) is 0. The minimum Gasteiger partial charge on any atom is -0.472 e. The van der Waals surface area contributed by atoms with E-state index in [0.717, 1.165) is 55.7 Å². The normalized spacial score (nSPS) is 17.9. The molecule has 0 spiro atoms. The predicted octanol–water partition coefficient (Wildman–Crippen LogP) is 4.26. The number of furan rings is 1. The van der Waals surface area contributed by atoms with Gasteiger partial charge in [-0.05, 0) is 79.7 Å². The van der Waals surface area contributed by atoms with Crippen LogP contribution in [0.4, 0.5) is 5.69 Å². The number of imide groups is 1. The van der Waals surface area contributed by atoms with Gasteiger partial charge in [0.05, 0.1) is 18.1 Å². The monoisotopic (exact) mass is 471 g/mol. The summed E-state index contributed by atoms with van der Waals surface area (Å²) >= 11 is 0. The van der Waals surface area contributed by atoms with Gasteiger partial charge in [-0.2, -0.15) is 0 Å². The van der Waals surface area contributed by atoms with Gasteiger partial charge >= 0.3 is 0 Å². The maximum Gasteiger partial charge on any atom is 0.260 e. The molecule has 0 bridgehead atoms. The number of hydrogen-bond acceptors (Lipinski definition) is 6. The first-order valence-electron chi connectivity index (χ1n) is 12.0. The molecule has 7 heteroatoms. The van der Waals surface area contributed by atoms with E-state index in [4.69, 9.17) is 9.52 Å². The highest BCUT2D eigenvalue weighted by Gasteiger charge is 2.27. The number of likely N-dealkylation sites (tertiary alicyclic amines) is 1. The Balaban J connectivity index is 1.28. The molecule has 3 heterocycles. The van der Waals surface area contributed by atoms with Crippen LogP contribution in [0.25, 0.3) is 16.7 Å². The number of piperidine rings is 1. The maximum absolute atomic E-state index is 12.6. The van der Waals surface area contributed by atoms with Gasteiger partial charge in [0, 0.05) is 41.7 Å². The van der Waals surface area contributed by atoms with Gasteiger partial charge in [-0.1, -0.05) is 18.2 Å². The highest BCUT2D eigenvalue weighted by Crippen LogP contribution is 2.30. The number of carbonyl (C=O) groups is 2. The molecular weight excluding hydrogens is 442 g/mol. The molecule has 0 atom stereocenters. The van der Waals surface area contributed by atoms with E-state index in [-0.39, 0.29) is 6.61 Å². The van der Waals surface area contributed by atoms with Crippen molar-refractivity contribution >= 4 is 23.1 Å². The fourth-order valence-corrected chi connectivity index (χ4v) is 4.81. The van der Waals surface area contributed by atoms with Crippen LogP contribution in [-0.2, 0) is 11.3 Å². The molecule has 180 valence electrons. The summed E-state index contributed by atoms with van der Waals surface area (Å²) < 4.78 is 5.17. The van der Waals surface area contributed by atoms with Gasteiger partial charge in [-0.15, -0.1) is 0 Å². The molecule has 0 aliphatic carbocycles. The van der Waals surface area contributed by atoms with Crippen LogP contribution in [0.5, 0.6) is 0 Å². The number of benzene rings is 2. The van der Waals surface area contributed by atoms with Crippen LogP contribution < -0.4 is 10.6 Å².